The number of hydrogen-bond acceptors (Lipinski definition) is 2. The van der Waals surface area contributed by atoms with Gasteiger partial charge in [-0.05, 0) is 43.2 Å². The molecule has 1 amide bonds. The predicted octanol–water partition coefficient (Wildman–Crippen LogP) is 2.67. The van der Waals surface area contributed by atoms with Crippen molar-refractivity contribution in [2.45, 2.75) is 20.0 Å². The molecular weight excluding hydrogens is 367 g/mol. The first-order chi connectivity index (χ1) is 13.3. The summed E-state index contributed by atoms with van der Waals surface area (Å²) in [5, 5.41) is 2.43. The Balaban J connectivity index is 1.57. The zero-order valence-electron chi connectivity index (χ0n) is 16.1. The number of anilines is 2. The number of para-hydroxylation sites is 1. The van der Waals surface area contributed by atoms with Crippen LogP contribution < -0.4 is 15.1 Å². The number of piperazine rings is 1. The van der Waals surface area contributed by atoms with Crippen LogP contribution in [-0.4, -0.2) is 38.6 Å². The van der Waals surface area contributed by atoms with Crippen LogP contribution in [0.1, 0.15) is 16.7 Å². The largest absolute Gasteiger partial charge is 0.418 e. The van der Waals surface area contributed by atoms with Crippen LogP contribution in [0.4, 0.5) is 24.5 Å². The van der Waals surface area contributed by atoms with Crippen LogP contribution in [0.3, 0.4) is 0 Å². The van der Waals surface area contributed by atoms with Crippen molar-refractivity contribution in [2.24, 2.45) is 0 Å². The minimum atomic E-state index is -4.49. The van der Waals surface area contributed by atoms with Crippen LogP contribution in [-0.2, 0) is 11.0 Å². The fraction of sp³-hybridized carbons (Fsp3) is 0.381. The Labute approximate surface area is 162 Å². The van der Waals surface area contributed by atoms with Crippen LogP contribution >= 0.6 is 0 Å². The molecule has 2 aromatic rings. The summed E-state index contributed by atoms with van der Waals surface area (Å²) in [5.41, 5.74) is 2.71. The van der Waals surface area contributed by atoms with Gasteiger partial charge in [-0.15, -0.1) is 0 Å². The molecule has 0 spiro atoms. The minimum absolute atomic E-state index is 0.160. The fourth-order valence-electron chi connectivity index (χ4n) is 3.58. The third-order valence-electron chi connectivity index (χ3n) is 5.30. The molecular formula is C21H25F3N3O+. The molecule has 3 rings (SSSR count). The zero-order chi connectivity index (χ0) is 20.3. The monoisotopic (exact) mass is 392 g/mol. The number of carbonyl (C=O) groups is 1. The highest BCUT2D eigenvalue weighted by Crippen LogP contribution is 2.34. The number of alkyl halides is 3. The summed E-state index contributed by atoms with van der Waals surface area (Å²) in [4.78, 5) is 15.7. The van der Waals surface area contributed by atoms with Crippen molar-refractivity contribution in [3.05, 3.63) is 59.2 Å². The van der Waals surface area contributed by atoms with Gasteiger partial charge in [0.05, 0.1) is 37.4 Å². The number of carbonyl (C=O) groups excluding carboxylic acids is 1. The van der Waals surface area contributed by atoms with E-state index in [1.165, 1.54) is 35.0 Å². The maximum absolute atomic E-state index is 13.1. The van der Waals surface area contributed by atoms with Crippen molar-refractivity contribution in [2.75, 3.05) is 42.9 Å². The highest BCUT2D eigenvalue weighted by Gasteiger charge is 2.34. The van der Waals surface area contributed by atoms with Crippen molar-refractivity contribution in [3.63, 3.8) is 0 Å². The summed E-state index contributed by atoms with van der Waals surface area (Å²) < 4.78 is 39.2. The smallest absolute Gasteiger partial charge is 0.360 e. The first-order valence-corrected chi connectivity index (χ1v) is 9.36. The van der Waals surface area contributed by atoms with Gasteiger partial charge in [0, 0.05) is 5.69 Å². The Morgan fingerprint density at radius 1 is 1.07 bits per heavy atom. The fourth-order valence-corrected chi connectivity index (χ4v) is 3.58. The maximum atomic E-state index is 13.1. The topological polar surface area (TPSA) is 36.8 Å². The molecule has 7 heteroatoms. The maximum Gasteiger partial charge on any atom is 0.418 e. The van der Waals surface area contributed by atoms with Crippen molar-refractivity contribution in [3.8, 4) is 0 Å². The number of rotatable bonds is 4. The Hall–Kier alpha value is -2.54. The lowest BCUT2D eigenvalue weighted by Gasteiger charge is -2.34. The SMILES string of the molecule is Cc1cccc(N2CC[NH+](CC(=O)Nc3ccccc3C(F)(F)F)CC2)c1C. The molecule has 0 atom stereocenters. The average Bonchev–Trinajstić information content (AvgIpc) is 2.64. The molecule has 1 fully saturated rings. The van der Waals surface area contributed by atoms with Gasteiger partial charge in [0.1, 0.15) is 0 Å². The normalized spacial score (nSPS) is 15.5. The van der Waals surface area contributed by atoms with E-state index in [1.807, 2.05) is 6.07 Å². The first-order valence-electron chi connectivity index (χ1n) is 9.36. The molecule has 150 valence electrons. The number of amides is 1. The van der Waals surface area contributed by atoms with Gasteiger partial charge in [0.2, 0.25) is 0 Å². The molecule has 2 N–H and O–H groups in total. The molecule has 0 unspecified atom stereocenters. The Bertz CT molecular complexity index is 843. The van der Waals surface area contributed by atoms with Gasteiger partial charge in [-0.25, -0.2) is 0 Å². The second kappa shape index (κ2) is 8.22. The van der Waals surface area contributed by atoms with Gasteiger partial charge >= 0.3 is 6.18 Å². The molecule has 0 aliphatic carbocycles. The average molecular weight is 392 g/mol. The number of nitrogens with one attached hydrogen (secondary N) is 2. The van der Waals surface area contributed by atoms with E-state index in [1.54, 1.807) is 0 Å². The summed E-state index contributed by atoms with van der Waals surface area (Å²) >= 11 is 0. The molecule has 4 nitrogen and oxygen atoms in total. The van der Waals surface area contributed by atoms with Gasteiger partial charge in [-0.1, -0.05) is 24.3 Å². The van der Waals surface area contributed by atoms with E-state index in [9.17, 15) is 18.0 Å². The summed E-state index contributed by atoms with van der Waals surface area (Å²) in [7, 11) is 0. The molecule has 0 radical (unpaired) electrons. The Morgan fingerprint density at radius 3 is 2.43 bits per heavy atom. The van der Waals surface area contributed by atoms with Crippen molar-refractivity contribution in [1.82, 2.24) is 0 Å². The van der Waals surface area contributed by atoms with Crippen LogP contribution in [0, 0.1) is 13.8 Å². The summed E-state index contributed by atoms with van der Waals surface area (Å²) in [6.45, 7) is 7.51. The number of quaternary nitrogens is 1. The van der Waals surface area contributed by atoms with E-state index in [0.29, 0.717) is 0 Å². The highest BCUT2D eigenvalue weighted by atomic mass is 19.4. The van der Waals surface area contributed by atoms with Crippen LogP contribution in [0.5, 0.6) is 0 Å². The van der Waals surface area contributed by atoms with E-state index in [0.717, 1.165) is 37.1 Å². The summed E-state index contributed by atoms with van der Waals surface area (Å²) in [5.74, 6) is -0.396. The predicted molar refractivity (Wildman–Crippen MR) is 104 cm³/mol. The van der Waals surface area contributed by atoms with Gasteiger partial charge in [-0.3, -0.25) is 4.79 Å². The van der Waals surface area contributed by atoms with E-state index < -0.39 is 17.6 Å². The van der Waals surface area contributed by atoms with Gasteiger partial charge in [-0.2, -0.15) is 13.2 Å². The van der Waals surface area contributed by atoms with E-state index >= 15 is 0 Å². The second-order valence-corrected chi connectivity index (χ2v) is 7.22. The second-order valence-electron chi connectivity index (χ2n) is 7.22. The lowest BCUT2D eigenvalue weighted by molar-refractivity contribution is -0.892. The Kier molecular flexibility index (Phi) is 5.93. The lowest BCUT2D eigenvalue weighted by Crippen LogP contribution is -3.15. The minimum Gasteiger partial charge on any atom is -0.360 e. The molecule has 1 saturated heterocycles. The molecule has 0 aromatic heterocycles. The summed E-state index contributed by atoms with van der Waals surface area (Å²) in [6.07, 6.45) is -4.49. The van der Waals surface area contributed by atoms with E-state index in [-0.39, 0.29) is 12.2 Å². The Morgan fingerprint density at radius 2 is 1.75 bits per heavy atom. The lowest BCUT2D eigenvalue weighted by atomic mass is 10.1. The van der Waals surface area contributed by atoms with Crippen molar-refractivity contribution >= 4 is 17.3 Å². The van der Waals surface area contributed by atoms with Crippen LogP contribution in [0.2, 0.25) is 0 Å². The highest BCUT2D eigenvalue weighted by molar-refractivity contribution is 5.92. The standard InChI is InChI=1S/C21H24F3N3O/c1-15-6-5-9-19(16(15)2)27-12-10-26(11-13-27)14-20(28)25-18-8-4-3-7-17(18)21(22,23)24/h3-9H,10-14H2,1-2H3,(H,25,28)/p+1. The van der Waals surface area contributed by atoms with E-state index in [4.69, 9.17) is 0 Å². The molecule has 0 saturated carbocycles. The summed E-state index contributed by atoms with van der Waals surface area (Å²) in [6, 6.07) is 11.3. The van der Waals surface area contributed by atoms with Gasteiger partial charge < -0.3 is 15.1 Å². The third kappa shape index (κ3) is 4.65. The zero-order valence-corrected chi connectivity index (χ0v) is 16.1. The van der Waals surface area contributed by atoms with E-state index in [2.05, 4.69) is 36.2 Å². The van der Waals surface area contributed by atoms with Gasteiger partial charge in [0.25, 0.3) is 5.91 Å². The van der Waals surface area contributed by atoms with Crippen molar-refractivity contribution in [1.29, 1.82) is 0 Å². The number of aryl methyl sites for hydroxylation is 1. The van der Waals surface area contributed by atoms with Crippen molar-refractivity contribution < 1.29 is 22.9 Å². The van der Waals surface area contributed by atoms with Crippen LogP contribution in [0.15, 0.2) is 42.5 Å². The molecule has 1 heterocycles. The van der Waals surface area contributed by atoms with Gasteiger partial charge in [0.15, 0.2) is 6.54 Å². The molecule has 28 heavy (non-hydrogen) atoms. The third-order valence-corrected chi connectivity index (χ3v) is 5.30. The number of hydrogen-bond donors (Lipinski definition) is 2. The molecule has 1 aliphatic heterocycles. The van der Waals surface area contributed by atoms with Crippen LogP contribution in [0.25, 0.3) is 0 Å². The number of halogens is 3. The quantitative estimate of drug-likeness (QED) is 0.840. The number of benzene rings is 2. The first kappa shape index (κ1) is 20.2. The molecule has 2 aromatic carbocycles. The molecule has 0 bridgehead atoms. The number of nitrogens with zero attached hydrogens (tertiary/aromatic N) is 1. The molecule has 1 aliphatic rings.